The molecule has 0 saturated heterocycles. The molecule has 0 radical (unpaired) electrons. The monoisotopic (exact) mass is 269 g/mol. The molecule has 8 nitrogen and oxygen atoms in total. The Morgan fingerprint density at radius 2 is 2.11 bits per heavy atom. The van der Waals surface area contributed by atoms with Crippen LogP contribution in [0.3, 0.4) is 0 Å². The smallest absolute Gasteiger partial charge is 0.358 e. The van der Waals surface area contributed by atoms with Crippen LogP contribution in [0.2, 0.25) is 0 Å². The molecule has 0 unspecified atom stereocenters. The van der Waals surface area contributed by atoms with E-state index < -0.39 is 5.97 Å². The molecule has 0 aliphatic heterocycles. The molecule has 0 fully saturated rings. The van der Waals surface area contributed by atoms with Crippen molar-refractivity contribution >= 4 is 11.9 Å². The average molecular weight is 269 g/mol. The van der Waals surface area contributed by atoms with Crippen LogP contribution >= 0.6 is 0 Å². The Morgan fingerprint density at radius 1 is 1.47 bits per heavy atom. The Kier molecular flexibility index (Phi) is 4.60. The summed E-state index contributed by atoms with van der Waals surface area (Å²) in [6.07, 6.45) is 1.22. The fourth-order valence-corrected chi connectivity index (χ4v) is 1.15. The Labute approximate surface area is 111 Å². The van der Waals surface area contributed by atoms with E-state index in [1.165, 1.54) is 10.9 Å². The summed E-state index contributed by atoms with van der Waals surface area (Å²) in [6.45, 7) is 4.44. The fourth-order valence-electron chi connectivity index (χ4n) is 1.15. The first kappa shape index (κ1) is 15.1. The predicted octanol–water partition coefficient (Wildman–Crippen LogP) is -0.567. The Morgan fingerprint density at radius 3 is 2.58 bits per heavy atom. The molecule has 2 N–H and O–H groups in total. The average Bonchev–Trinajstić information content (AvgIpc) is 2.75. The van der Waals surface area contributed by atoms with Crippen LogP contribution in [0.4, 0.5) is 0 Å². The lowest BCUT2D eigenvalue weighted by Crippen LogP contribution is -2.48. The molecule has 0 saturated carbocycles. The van der Waals surface area contributed by atoms with E-state index in [4.69, 9.17) is 5.11 Å². The van der Waals surface area contributed by atoms with Gasteiger partial charge in [0.2, 0.25) is 5.91 Å². The SMILES string of the molecule is CN(C)C(C)(C)CNC(=O)Cn1cc(C(=O)O)nn1. The standard InChI is InChI=1S/C11H19N5O3/c1-11(2,15(3)4)7-12-9(17)6-16-5-8(10(18)19)13-14-16/h5H,6-7H2,1-4H3,(H,12,17)(H,18,19). The minimum absolute atomic E-state index is 0.0518. The summed E-state index contributed by atoms with van der Waals surface area (Å²) < 4.78 is 1.20. The highest BCUT2D eigenvalue weighted by atomic mass is 16.4. The topological polar surface area (TPSA) is 100 Å². The number of likely N-dealkylation sites (N-methyl/N-ethyl adjacent to an activating group) is 1. The number of amides is 1. The molecule has 0 atom stereocenters. The molecule has 1 aromatic heterocycles. The minimum atomic E-state index is -1.17. The van der Waals surface area contributed by atoms with Crippen molar-refractivity contribution in [2.45, 2.75) is 25.9 Å². The van der Waals surface area contributed by atoms with Gasteiger partial charge in [-0.2, -0.15) is 0 Å². The van der Waals surface area contributed by atoms with E-state index in [2.05, 4.69) is 15.6 Å². The molecule has 0 aliphatic carbocycles. The second-order valence-corrected chi connectivity index (χ2v) is 5.09. The van der Waals surface area contributed by atoms with Crippen LogP contribution in [0.1, 0.15) is 24.3 Å². The first-order valence-electron chi connectivity index (χ1n) is 5.80. The molecule has 1 heterocycles. The number of aromatic carboxylic acids is 1. The summed E-state index contributed by atoms with van der Waals surface area (Å²) in [7, 11) is 3.87. The van der Waals surface area contributed by atoms with Crippen molar-refractivity contribution in [3.8, 4) is 0 Å². The number of hydrogen-bond donors (Lipinski definition) is 2. The molecule has 106 valence electrons. The normalized spacial score (nSPS) is 11.6. The zero-order chi connectivity index (χ0) is 14.6. The third-order valence-corrected chi connectivity index (χ3v) is 2.99. The number of carboxylic acids is 1. The first-order valence-corrected chi connectivity index (χ1v) is 5.80. The van der Waals surface area contributed by atoms with Crippen LogP contribution in [0.25, 0.3) is 0 Å². The van der Waals surface area contributed by atoms with Crippen molar-refractivity contribution in [1.82, 2.24) is 25.2 Å². The van der Waals surface area contributed by atoms with Crippen molar-refractivity contribution in [3.63, 3.8) is 0 Å². The van der Waals surface area contributed by atoms with Crippen molar-refractivity contribution in [1.29, 1.82) is 0 Å². The number of carbonyl (C=O) groups excluding carboxylic acids is 1. The third-order valence-electron chi connectivity index (χ3n) is 2.99. The maximum atomic E-state index is 11.7. The number of nitrogens with one attached hydrogen (secondary N) is 1. The quantitative estimate of drug-likeness (QED) is 0.717. The molecule has 8 heteroatoms. The number of carboxylic acid groups (broad SMARTS) is 1. The van der Waals surface area contributed by atoms with Gasteiger partial charge in [0.25, 0.3) is 0 Å². The lowest BCUT2D eigenvalue weighted by atomic mass is 10.0. The van der Waals surface area contributed by atoms with Crippen LogP contribution in [0.15, 0.2) is 6.20 Å². The summed E-state index contributed by atoms with van der Waals surface area (Å²) in [5.41, 5.74) is -0.342. The van der Waals surface area contributed by atoms with E-state index in [1.54, 1.807) is 0 Å². The molecule has 1 aromatic rings. The number of rotatable bonds is 6. The third kappa shape index (κ3) is 4.32. The molecular weight excluding hydrogens is 250 g/mol. The lowest BCUT2D eigenvalue weighted by Gasteiger charge is -2.32. The van der Waals surface area contributed by atoms with Gasteiger partial charge < -0.3 is 15.3 Å². The molecule has 0 spiro atoms. The van der Waals surface area contributed by atoms with Gasteiger partial charge in [-0.25, -0.2) is 9.48 Å². The maximum Gasteiger partial charge on any atom is 0.358 e. The number of carbonyl (C=O) groups is 2. The van der Waals surface area contributed by atoms with Gasteiger partial charge in [0, 0.05) is 12.1 Å². The highest BCUT2D eigenvalue weighted by Crippen LogP contribution is 2.07. The second-order valence-electron chi connectivity index (χ2n) is 5.09. The van der Waals surface area contributed by atoms with Gasteiger partial charge in [-0.05, 0) is 27.9 Å². The fraction of sp³-hybridized carbons (Fsp3) is 0.636. The highest BCUT2D eigenvalue weighted by Gasteiger charge is 2.21. The molecule has 19 heavy (non-hydrogen) atoms. The largest absolute Gasteiger partial charge is 0.476 e. The highest BCUT2D eigenvalue weighted by molar-refractivity contribution is 5.84. The van der Waals surface area contributed by atoms with Crippen molar-refractivity contribution in [2.75, 3.05) is 20.6 Å². The number of hydrogen-bond acceptors (Lipinski definition) is 5. The van der Waals surface area contributed by atoms with Crippen LogP contribution in [-0.4, -0.2) is 63.1 Å². The summed E-state index contributed by atoms with van der Waals surface area (Å²) >= 11 is 0. The van der Waals surface area contributed by atoms with Gasteiger partial charge in [-0.15, -0.1) is 5.10 Å². The van der Waals surface area contributed by atoms with Gasteiger partial charge >= 0.3 is 5.97 Å². The van der Waals surface area contributed by atoms with Gasteiger partial charge in [0.05, 0.1) is 6.20 Å². The van der Waals surface area contributed by atoms with Crippen LogP contribution in [-0.2, 0) is 11.3 Å². The van der Waals surface area contributed by atoms with Gasteiger partial charge in [0.15, 0.2) is 5.69 Å². The summed E-state index contributed by atoms with van der Waals surface area (Å²) in [5.74, 6) is -1.41. The van der Waals surface area contributed by atoms with Gasteiger partial charge in [-0.1, -0.05) is 5.21 Å². The zero-order valence-corrected chi connectivity index (χ0v) is 11.5. The lowest BCUT2D eigenvalue weighted by molar-refractivity contribution is -0.122. The molecule has 0 bridgehead atoms. The number of nitrogens with zero attached hydrogens (tertiary/aromatic N) is 4. The maximum absolute atomic E-state index is 11.7. The van der Waals surface area contributed by atoms with Crippen LogP contribution in [0.5, 0.6) is 0 Å². The van der Waals surface area contributed by atoms with Crippen molar-refractivity contribution in [3.05, 3.63) is 11.9 Å². The predicted molar refractivity (Wildman–Crippen MR) is 67.8 cm³/mol. The Hall–Kier alpha value is -1.96. The molecule has 0 aliphatic rings. The first-order chi connectivity index (χ1) is 8.72. The van der Waals surface area contributed by atoms with E-state index in [-0.39, 0.29) is 23.7 Å². The number of aromatic nitrogens is 3. The van der Waals surface area contributed by atoms with E-state index in [1.807, 2.05) is 32.8 Å². The van der Waals surface area contributed by atoms with Crippen LogP contribution < -0.4 is 5.32 Å². The van der Waals surface area contributed by atoms with Crippen molar-refractivity contribution in [2.24, 2.45) is 0 Å². The molecular formula is C11H19N5O3. The van der Waals surface area contributed by atoms with E-state index in [0.29, 0.717) is 6.54 Å². The van der Waals surface area contributed by atoms with E-state index >= 15 is 0 Å². The summed E-state index contributed by atoms with van der Waals surface area (Å²) in [6, 6.07) is 0. The van der Waals surface area contributed by atoms with Gasteiger partial charge in [0.1, 0.15) is 6.54 Å². The van der Waals surface area contributed by atoms with Crippen LogP contribution in [0, 0.1) is 0 Å². The summed E-state index contributed by atoms with van der Waals surface area (Å²) in [4.78, 5) is 24.3. The zero-order valence-electron chi connectivity index (χ0n) is 11.5. The minimum Gasteiger partial charge on any atom is -0.476 e. The van der Waals surface area contributed by atoms with Gasteiger partial charge in [-0.3, -0.25) is 4.79 Å². The van der Waals surface area contributed by atoms with E-state index in [9.17, 15) is 9.59 Å². The molecule has 0 aromatic carbocycles. The van der Waals surface area contributed by atoms with E-state index in [0.717, 1.165) is 0 Å². The molecule has 1 rings (SSSR count). The Bertz CT molecular complexity index is 467. The Balaban J connectivity index is 2.49. The van der Waals surface area contributed by atoms with Crippen molar-refractivity contribution < 1.29 is 14.7 Å². The summed E-state index contributed by atoms with van der Waals surface area (Å²) in [5, 5.41) is 18.5. The molecule has 1 amide bonds. The second kappa shape index (κ2) is 5.79.